The lowest BCUT2D eigenvalue weighted by atomic mass is 10.0. The Morgan fingerprint density at radius 2 is 2.10 bits per heavy atom. The van der Waals surface area contributed by atoms with E-state index >= 15 is 0 Å². The Labute approximate surface area is 171 Å². The van der Waals surface area contributed by atoms with E-state index in [1.807, 2.05) is 0 Å². The van der Waals surface area contributed by atoms with Crippen LogP contribution in [0.2, 0.25) is 0 Å². The van der Waals surface area contributed by atoms with Crippen molar-refractivity contribution < 1.29 is 39.0 Å². The number of urea groups is 1. The van der Waals surface area contributed by atoms with E-state index in [9.17, 15) is 24.0 Å². The molecule has 3 rings (SSSR count). The number of carbonyl (C=O) groups is 5. The molecule has 0 radical (unpaired) electrons. The van der Waals surface area contributed by atoms with Crippen molar-refractivity contribution in [3.05, 3.63) is 11.1 Å². The lowest BCUT2D eigenvalue weighted by Crippen LogP contribution is -2.70. The number of hydrogen-bond donors (Lipinski definition) is 4. The van der Waals surface area contributed by atoms with Crippen LogP contribution in [0.4, 0.5) is 9.93 Å². The summed E-state index contributed by atoms with van der Waals surface area (Å²) < 4.78 is 0. The summed E-state index contributed by atoms with van der Waals surface area (Å²) >= 11 is 1.01. The van der Waals surface area contributed by atoms with Crippen LogP contribution in [0.25, 0.3) is 0 Å². The van der Waals surface area contributed by atoms with Gasteiger partial charge in [-0.05, 0) is 6.42 Å². The number of anilines is 1. The fourth-order valence-electron chi connectivity index (χ4n) is 2.71. The first kappa shape index (κ1) is 21.0. The molecule has 1 aromatic heterocycles. The van der Waals surface area contributed by atoms with Crippen molar-refractivity contribution in [3.63, 3.8) is 0 Å². The standard InChI is InChI=1S/C15H16N6O8S/c16-14-18-7(5-30-14)10(19-29-4-9(22)23)11(24)17-6-3-21(12(6)25)15(28)20-2-1-8(20)13(26)27/h5-6,8H,1-4H2,(H2,16,18)(H,17,24)(H,22,23)(H,26,27)/b19-10-/t6-,8?/m0/s1. The van der Waals surface area contributed by atoms with Crippen molar-refractivity contribution in [1.29, 1.82) is 0 Å². The quantitative estimate of drug-likeness (QED) is 0.211. The van der Waals surface area contributed by atoms with E-state index in [2.05, 4.69) is 20.3 Å². The summed E-state index contributed by atoms with van der Waals surface area (Å²) in [4.78, 5) is 69.0. The van der Waals surface area contributed by atoms with Crippen LogP contribution in [0.1, 0.15) is 12.1 Å². The molecule has 2 atom stereocenters. The van der Waals surface area contributed by atoms with Gasteiger partial charge in [0.15, 0.2) is 10.8 Å². The molecule has 0 aromatic carbocycles. The third kappa shape index (κ3) is 4.14. The molecule has 2 fully saturated rings. The summed E-state index contributed by atoms with van der Waals surface area (Å²) in [5, 5.41) is 25.0. The van der Waals surface area contributed by atoms with Gasteiger partial charge in [-0.25, -0.2) is 19.4 Å². The van der Waals surface area contributed by atoms with Crippen molar-refractivity contribution in [2.75, 3.05) is 25.4 Å². The van der Waals surface area contributed by atoms with Gasteiger partial charge in [0, 0.05) is 11.9 Å². The van der Waals surface area contributed by atoms with Gasteiger partial charge in [0.25, 0.3) is 11.8 Å². The van der Waals surface area contributed by atoms with Gasteiger partial charge in [-0.1, -0.05) is 5.16 Å². The van der Waals surface area contributed by atoms with Crippen LogP contribution in [0.5, 0.6) is 0 Å². The number of nitrogens with zero attached hydrogens (tertiary/aromatic N) is 4. The summed E-state index contributed by atoms with van der Waals surface area (Å²) in [5.41, 5.74) is 5.15. The summed E-state index contributed by atoms with van der Waals surface area (Å²) in [6.07, 6.45) is 0.302. The Bertz CT molecular complexity index is 945. The number of rotatable bonds is 7. The number of imide groups is 1. The molecule has 2 aliphatic heterocycles. The van der Waals surface area contributed by atoms with Crippen LogP contribution >= 0.6 is 11.3 Å². The lowest BCUT2D eigenvalue weighted by Gasteiger charge is -2.45. The number of oxime groups is 1. The molecule has 14 nitrogen and oxygen atoms in total. The summed E-state index contributed by atoms with van der Waals surface area (Å²) in [5.74, 6) is -4.07. The average molecular weight is 440 g/mol. The predicted molar refractivity (Wildman–Crippen MR) is 98.4 cm³/mol. The number of nitrogens with one attached hydrogen (secondary N) is 1. The smallest absolute Gasteiger partial charge is 0.344 e. The zero-order valence-electron chi connectivity index (χ0n) is 15.2. The number of carboxylic acid groups (broad SMARTS) is 2. The van der Waals surface area contributed by atoms with Crippen molar-refractivity contribution in [1.82, 2.24) is 20.1 Å². The molecule has 2 aliphatic rings. The number of nitrogens with two attached hydrogens (primary N) is 1. The maximum atomic E-state index is 12.5. The first-order chi connectivity index (χ1) is 14.2. The van der Waals surface area contributed by atoms with Crippen LogP contribution in [-0.2, 0) is 24.0 Å². The lowest BCUT2D eigenvalue weighted by molar-refractivity contribution is -0.149. The number of aliphatic carboxylic acids is 2. The summed E-state index contributed by atoms with van der Waals surface area (Å²) in [6, 6.07) is -2.76. The highest BCUT2D eigenvalue weighted by Crippen LogP contribution is 2.23. The normalized spacial score (nSPS) is 20.8. The number of hydrogen-bond acceptors (Lipinski definition) is 10. The number of thiazole rings is 1. The van der Waals surface area contributed by atoms with Crippen molar-refractivity contribution in [2.45, 2.75) is 18.5 Å². The maximum absolute atomic E-state index is 12.5. The molecular weight excluding hydrogens is 424 g/mol. The monoisotopic (exact) mass is 440 g/mol. The second kappa shape index (κ2) is 8.32. The molecule has 0 spiro atoms. The van der Waals surface area contributed by atoms with E-state index in [4.69, 9.17) is 15.9 Å². The minimum Gasteiger partial charge on any atom is -0.480 e. The van der Waals surface area contributed by atoms with Crippen LogP contribution in [0.15, 0.2) is 10.5 Å². The molecule has 0 bridgehead atoms. The minimum atomic E-state index is -1.31. The third-order valence-electron chi connectivity index (χ3n) is 4.34. The van der Waals surface area contributed by atoms with E-state index in [-0.39, 0.29) is 23.9 Å². The van der Waals surface area contributed by atoms with Gasteiger partial charge in [-0.3, -0.25) is 14.5 Å². The molecule has 1 aromatic rings. The van der Waals surface area contributed by atoms with E-state index in [0.29, 0.717) is 6.42 Å². The zero-order chi connectivity index (χ0) is 22.0. The maximum Gasteiger partial charge on any atom is 0.344 e. The van der Waals surface area contributed by atoms with Crippen molar-refractivity contribution in [2.24, 2.45) is 5.16 Å². The molecule has 4 amide bonds. The first-order valence-corrected chi connectivity index (χ1v) is 9.35. The van der Waals surface area contributed by atoms with Gasteiger partial charge in [0.05, 0.1) is 6.54 Å². The van der Waals surface area contributed by atoms with Gasteiger partial charge >= 0.3 is 18.0 Å². The molecule has 0 aliphatic carbocycles. The second-order valence-electron chi connectivity index (χ2n) is 6.27. The molecule has 30 heavy (non-hydrogen) atoms. The zero-order valence-corrected chi connectivity index (χ0v) is 16.0. The number of nitrogen functional groups attached to an aromatic ring is 1. The molecule has 15 heteroatoms. The van der Waals surface area contributed by atoms with Crippen LogP contribution in [0, 0.1) is 0 Å². The molecule has 1 unspecified atom stereocenters. The largest absolute Gasteiger partial charge is 0.480 e. The Hall–Kier alpha value is -3.75. The Kier molecular flexibility index (Phi) is 5.81. The van der Waals surface area contributed by atoms with Gasteiger partial charge in [-0.2, -0.15) is 0 Å². The van der Waals surface area contributed by atoms with Crippen molar-refractivity contribution in [3.8, 4) is 0 Å². The summed E-state index contributed by atoms with van der Waals surface area (Å²) in [6.45, 7) is -0.740. The fraction of sp³-hybridized carbons (Fsp3) is 0.400. The molecule has 2 saturated heterocycles. The highest BCUT2D eigenvalue weighted by Gasteiger charge is 2.48. The van der Waals surface area contributed by atoms with E-state index in [1.165, 1.54) is 5.38 Å². The molecule has 0 saturated carbocycles. The molecular formula is C15H16N6O8S. The molecule has 5 N–H and O–H groups in total. The number of carboxylic acids is 2. The number of likely N-dealkylation sites (tertiary alicyclic amines) is 2. The Morgan fingerprint density at radius 3 is 2.60 bits per heavy atom. The van der Waals surface area contributed by atoms with Crippen LogP contribution in [-0.4, -0.2) is 92.3 Å². The molecule has 3 heterocycles. The first-order valence-electron chi connectivity index (χ1n) is 8.47. The van der Waals surface area contributed by atoms with Gasteiger partial charge in [0.2, 0.25) is 6.61 Å². The highest BCUT2D eigenvalue weighted by atomic mass is 32.1. The minimum absolute atomic E-state index is 0.0185. The second-order valence-corrected chi connectivity index (χ2v) is 7.16. The average Bonchev–Trinajstić information content (AvgIpc) is 3.05. The SMILES string of the molecule is Nc1nc(/C(=N/OCC(=O)O)C(=O)N[C@H]2CN(C(=O)N3CCC3C(=O)O)C2=O)cs1. The Balaban J connectivity index is 1.62. The van der Waals surface area contributed by atoms with Crippen molar-refractivity contribution >= 4 is 52.0 Å². The summed E-state index contributed by atoms with van der Waals surface area (Å²) in [7, 11) is 0. The van der Waals surface area contributed by atoms with E-state index in [0.717, 1.165) is 21.1 Å². The number of β-lactam (4-membered cyclic amide) rings is 1. The van der Waals surface area contributed by atoms with Crippen LogP contribution < -0.4 is 11.1 Å². The van der Waals surface area contributed by atoms with E-state index < -0.39 is 54.2 Å². The third-order valence-corrected chi connectivity index (χ3v) is 5.01. The molecule has 160 valence electrons. The Morgan fingerprint density at radius 1 is 1.37 bits per heavy atom. The predicted octanol–water partition coefficient (Wildman–Crippen LogP) is -1.86. The van der Waals surface area contributed by atoms with Gasteiger partial charge < -0.3 is 31.0 Å². The van der Waals surface area contributed by atoms with E-state index in [1.54, 1.807) is 0 Å². The number of amides is 4. The fourth-order valence-corrected chi connectivity index (χ4v) is 3.26. The highest BCUT2D eigenvalue weighted by molar-refractivity contribution is 7.13. The van der Waals surface area contributed by atoms with Crippen LogP contribution in [0.3, 0.4) is 0 Å². The topological polar surface area (TPSA) is 205 Å². The van der Waals surface area contributed by atoms with Gasteiger partial charge in [0.1, 0.15) is 17.8 Å². The number of aromatic nitrogens is 1. The van der Waals surface area contributed by atoms with Gasteiger partial charge in [-0.15, -0.1) is 11.3 Å². The number of carbonyl (C=O) groups excluding carboxylic acids is 3.